The molecule has 0 heterocycles. The SMILES string of the molecule is Cc1cc(C(C)(C)C)c(O)c(S(Cl)(Cl)c2cc(C)cc(C(C)(C)C)c2O)c1. The zero-order valence-electron chi connectivity index (χ0n) is 17.4. The average molecular weight is 429 g/mol. The van der Waals surface area contributed by atoms with Gasteiger partial charge in [0.05, 0.1) is 9.79 Å². The monoisotopic (exact) mass is 428 g/mol. The molecule has 0 saturated heterocycles. The van der Waals surface area contributed by atoms with E-state index in [1.54, 1.807) is 0 Å². The summed E-state index contributed by atoms with van der Waals surface area (Å²) in [7, 11) is 11.2. The van der Waals surface area contributed by atoms with Crippen molar-refractivity contribution in [2.45, 2.75) is 76.0 Å². The smallest absolute Gasteiger partial charge is 0.133 e. The number of hydrogen-bond donors (Lipinski definition) is 2. The summed E-state index contributed by atoms with van der Waals surface area (Å²) in [5.74, 6) is 0.206. The second-order valence-electron chi connectivity index (χ2n) is 9.29. The number of phenolic OH excluding ortho intramolecular Hbond substituents is 2. The summed E-state index contributed by atoms with van der Waals surface area (Å²) in [4.78, 5) is 0.938. The van der Waals surface area contributed by atoms with Gasteiger partial charge in [0.15, 0.2) is 0 Å². The number of aryl methyl sites for hydroxylation is 2. The van der Waals surface area contributed by atoms with Gasteiger partial charge in [-0.2, -0.15) is 0 Å². The van der Waals surface area contributed by atoms with E-state index in [1.165, 1.54) is 0 Å². The molecule has 0 spiro atoms. The van der Waals surface area contributed by atoms with E-state index < -0.39 is 8.46 Å². The Morgan fingerprint density at radius 3 is 1.22 bits per heavy atom. The summed E-state index contributed by atoms with van der Waals surface area (Å²) >= 11 is 0. The zero-order chi connectivity index (χ0) is 20.9. The van der Waals surface area contributed by atoms with Gasteiger partial charge in [-0.1, -0.05) is 53.7 Å². The number of halogens is 2. The normalized spacial score (nSPS) is 13.7. The highest BCUT2D eigenvalue weighted by Crippen LogP contribution is 2.75. The zero-order valence-corrected chi connectivity index (χ0v) is 19.7. The highest BCUT2D eigenvalue weighted by molar-refractivity contribution is 8.66. The molecule has 2 aromatic carbocycles. The first-order valence-corrected chi connectivity index (χ1v) is 12.3. The highest BCUT2D eigenvalue weighted by Gasteiger charge is 2.35. The predicted molar refractivity (Wildman–Crippen MR) is 119 cm³/mol. The Labute approximate surface area is 173 Å². The van der Waals surface area contributed by atoms with Crippen LogP contribution in [-0.4, -0.2) is 10.2 Å². The van der Waals surface area contributed by atoms with Crippen molar-refractivity contribution in [3.8, 4) is 11.5 Å². The van der Waals surface area contributed by atoms with Crippen LogP contribution >= 0.6 is 29.8 Å². The Balaban J connectivity index is 2.82. The fourth-order valence-corrected chi connectivity index (χ4v) is 6.17. The van der Waals surface area contributed by atoms with Crippen LogP contribution in [0.25, 0.3) is 0 Å². The second kappa shape index (κ2) is 7.09. The third-order valence-corrected chi connectivity index (χ3v) is 8.33. The van der Waals surface area contributed by atoms with Crippen LogP contribution in [0.1, 0.15) is 63.8 Å². The molecule has 0 saturated carbocycles. The van der Waals surface area contributed by atoms with Crippen LogP contribution in [0.3, 0.4) is 0 Å². The first-order valence-electron chi connectivity index (χ1n) is 8.97. The number of benzene rings is 2. The minimum atomic E-state index is -2.67. The minimum Gasteiger partial charge on any atom is -0.506 e. The maximum absolute atomic E-state index is 11.0. The van der Waals surface area contributed by atoms with Crippen molar-refractivity contribution in [2.24, 2.45) is 0 Å². The fourth-order valence-electron chi connectivity index (χ4n) is 3.14. The number of hydrogen-bond acceptors (Lipinski definition) is 2. The van der Waals surface area contributed by atoms with E-state index in [1.807, 2.05) is 79.7 Å². The van der Waals surface area contributed by atoms with Crippen LogP contribution in [-0.2, 0) is 10.8 Å². The van der Waals surface area contributed by atoms with Gasteiger partial charge < -0.3 is 10.2 Å². The third-order valence-electron chi connectivity index (χ3n) is 4.61. The topological polar surface area (TPSA) is 40.5 Å². The van der Waals surface area contributed by atoms with E-state index in [4.69, 9.17) is 21.4 Å². The van der Waals surface area contributed by atoms with Crippen molar-refractivity contribution in [1.29, 1.82) is 0 Å². The van der Waals surface area contributed by atoms with Gasteiger partial charge in [0.2, 0.25) is 0 Å². The van der Waals surface area contributed by atoms with Crippen LogP contribution < -0.4 is 0 Å². The molecule has 2 aromatic rings. The van der Waals surface area contributed by atoms with Crippen molar-refractivity contribution in [2.75, 3.05) is 0 Å². The summed E-state index contributed by atoms with van der Waals surface area (Å²) in [6, 6.07) is 7.55. The van der Waals surface area contributed by atoms with Crippen LogP contribution in [0.15, 0.2) is 34.1 Å². The third kappa shape index (κ3) is 4.36. The molecule has 2 N–H and O–H groups in total. The van der Waals surface area contributed by atoms with E-state index in [9.17, 15) is 10.2 Å². The molecule has 0 atom stereocenters. The Morgan fingerprint density at radius 2 is 0.963 bits per heavy atom. The number of rotatable bonds is 2. The van der Waals surface area contributed by atoms with Gasteiger partial charge >= 0.3 is 0 Å². The molecule has 0 radical (unpaired) electrons. The molecule has 5 heteroatoms. The van der Waals surface area contributed by atoms with Crippen LogP contribution in [0.4, 0.5) is 0 Å². The fraction of sp³-hybridized carbons (Fsp3) is 0.455. The minimum absolute atomic E-state index is 0.103. The van der Waals surface area contributed by atoms with Crippen molar-refractivity contribution < 1.29 is 10.2 Å². The molecule has 0 aliphatic heterocycles. The van der Waals surface area contributed by atoms with Gasteiger partial charge in [-0.05, 0) is 77.8 Å². The summed E-state index contributed by atoms with van der Waals surface area (Å²) in [5.41, 5.74) is 2.99. The van der Waals surface area contributed by atoms with E-state index in [-0.39, 0.29) is 22.3 Å². The Bertz CT molecular complexity index is 804. The molecule has 2 rings (SSSR count). The Morgan fingerprint density at radius 1 is 0.667 bits per heavy atom. The number of phenols is 2. The highest BCUT2D eigenvalue weighted by atomic mass is 36.0. The van der Waals surface area contributed by atoms with E-state index in [0.717, 1.165) is 22.3 Å². The summed E-state index contributed by atoms with van der Waals surface area (Å²) in [6.45, 7) is 16.1. The predicted octanol–water partition coefficient (Wildman–Crippen LogP) is 7.84. The van der Waals surface area contributed by atoms with Gasteiger partial charge in [-0.3, -0.25) is 0 Å². The van der Waals surface area contributed by atoms with E-state index in [2.05, 4.69) is 0 Å². The van der Waals surface area contributed by atoms with Gasteiger partial charge in [0, 0.05) is 11.1 Å². The molecule has 150 valence electrons. The molecular weight excluding hydrogens is 399 g/mol. The van der Waals surface area contributed by atoms with Crippen molar-refractivity contribution >= 4 is 29.8 Å². The summed E-state index contributed by atoms with van der Waals surface area (Å²) in [5, 5.41) is 22.0. The molecular formula is C22H30Cl2O2S. The lowest BCUT2D eigenvalue weighted by Crippen LogP contribution is -2.13. The maximum Gasteiger partial charge on any atom is 0.133 e. The second-order valence-corrected chi connectivity index (χ2v) is 14.4. The first kappa shape index (κ1) is 22.3. The van der Waals surface area contributed by atoms with Crippen molar-refractivity contribution in [1.82, 2.24) is 0 Å². The summed E-state index contributed by atoms with van der Waals surface area (Å²) in [6.07, 6.45) is 0. The standard InChI is InChI=1S/C22H30Cl2O2S/c1-13-9-15(21(3,4)5)19(25)17(11-13)27(23,24)18-12-14(2)10-16(20(18)26)22(6,7)8/h9-12,25-26H,1-8H3. The maximum atomic E-state index is 11.0. The van der Waals surface area contributed by atoms with Gasteiger partial charge in [0.25, 0.3) is 0 Å². The molecule has 27 heavy (non-hydrogen) atoms. The van der Waals surface area contributed by atoms with Crippen LogP contribution in [0, 0.1) is 13.8 Å². The molecule has 0 unspecified atom stereocenters. The quantitative estimate of drug-likeness (QED) is 0.510. The largest absolute Gasteiger partial charge is 0.506 e. The number of aromatic hydroxyl groups is 2. The first-order chi connectivity index (χ1) is 12.1. The van der Waals surface area contributed by atoms with E-state index >= 15 is 0 Å². The molecule has 0 bridgehead atoms. The van der Waals surface area contributed by atoms with Gasteiger partial charge in [-0.25, -0.2) is 0 Å². The van der Waals surface area contributed by atoms with Crippen molar-refractivity contribution in [3.63, 3.8) is 0 Å². The Kier molecular flexibility index (Phi) is 5.85. The molecule has 2 nitrogen and oxygen atoms in total. The molecule has 0 aromatic heterocycles. The molecule has 0 aliphatic carbocycles. The summed E-state index contributed by atoms with van der Waals surface area (Å²) < 4.78 is 0. The molecule has 0 fully saturated rings. The Hall–Kier alpha value is -1.03. The lowest BCUT2D eigenvalue weighted by atomic mass is 9.85. The van der Waals surface area contributed by atoms with Gasteiger partial charge in [-0.15, -0.1) is 0 Å². The van der Waals surface area contributed by atoms with Crippen LogP contribution in [0.2, 0.25) is 0 Å². The molecule has 0 aliphatic rings. The molecule has 0 amide bonds. The van der Waals surface area contributed by atoms with Gasteiger partial charge in [0.1, 0.15) is 11.5 Å². The van der Waals surface area contributed by atoms with E-state index in [0.29, 0.717) is 9.79 Å². The lowest BCUT2D eigenvalue weighted by molar-refractivity contribution is 0.432. The van der Waals surface area contributed by atoms with Crippen LogP contribution in [0.5, 0.6) is 11.5 Å². The van der Waals surface area contributed by atoms with Crippen molar-refractivity contribution in [3.05, 3.63) is 46.5 Å². The average Bonchev–Trinajstić information content (AvgIpc) is 2.48. The lowest BCUT2D eigenvalue weighted by Gasteiger charge is -2.32.